The van der Waals surface area contributed by atoms with Gasteiger partial charge in [-0.05, 0) is 25.3 Å². The minimum Gasteiger partial charge on any atom is -0.310 e. The van der Waals surface area contributed by atoms with Gasteiger partial charge in [0.15, 0.2) is 5.82 Å². The van der Waals surface area contributed by atoms with Crippen molar-refractivity contribution >= 4 is 16.3 Å². The molecule has 2 aromatic heterocycles. The number of fused-ring (bicyclic) bond motifs is 1. The second kappa shape index (κ2) is 4.10. The van der Waals surface area contributed by atoms with Crippen molar-refractivity contribution in [3.8, 4) is 0 Å². The van der Waals surface area contributed by atoms with Crippen LogP contribution in [-0.2, 0) is 13.0 Å². The zero-order chi connectivity index (χ0) is 11.0. The van der Waals surface area contributed by atoms with E-state index in [9.17, 15) is 0 Å². The van der Waals surface area contributed by atoms with Gasteiger partial charge in [0, 0.05) is 13.0 Å². The molecule has 0 bridgehead atoms. The second-order valence-corrected chi connectivity index (χ2v) is 5.27. The van der Waals surface area contributed by atoms with Gasteiger partial charge in [-0.3, -0.25) is 0 Å². The van der Waals surface area contributed by atoms with Crippen LogP contribution in [0.15, 0.2) is 0 Å². The third-order valence-corrected chi connectivity index (χ3v) is 3.72. The summed E-state index contributed by atoms with van der Waals surface area (Å²) in [6, 6.07) is 0. The molecular weight excluding hydrogens is 222 g/mol. The minimum absolute atomic E-state index is 0.855. The van der Waals surface area contributed by atoms with Crippen LogP contribution in [0.2, 0.25) is 0 Å². The van der Waals surface area contributed by atoms with Crippen molar-refractivity contribution in [2.75, 3.05) is 6.54 Å². The summed E-state index contributed by atoms with van der Waals surface area (Å²) in [5.41, 5.74) is 0. The highest BCUT2D eigenvalue weighted by molar-refractivity contribution is 7.16. The highest BCUT2D eigenvalue weighted by Crippen LogP contribution is 2.27. The monoisotopic (exact) mass is 237 g/mol. The van der Waals surface area contributed by atoms with Crippen LogP contribution in [0.1, 0.15) is 30.6 Å². The largest absolute Gasteiger partial charge is 0.310 e. The van der Waals surface area contributed by atoms with E-state index in [-0.39, 0.29) is 0 Å². The maximum absolute atomic E-state index is 4.51. The summed E-state index contributed by atoms with van der Waals surface area (Å²) in [4.78, 5) is 0.903. The lowest BCUT2D eigenvalue weighted by Gasteiger charge is -1.98. The molecule has 0 amide bonds. The predicted molar refractivity (Wildman–Crippen MR) is 62.5 cm³/mol. The summed E-state index contributed by atoms with van der Waals surface area (Å²) in [5, 5.41) is 17.2. The molecule has 0 atom stereocenters. The van der Waals surface area contributed by atoms with Crippen molar-refractivity contribution in [3.63, 3.8) is 0 Å². The normalized spacial score (nSPS) is 16.1. The lowest BCUT2D eigenvalue weighted by Crippen LogP contribution is -2.16. The first-order valence-corrected chi connectivity index (χ1v) is 6.59. The second-order valence-electron chi connectivity index (χ2n) is 4.23. The molecule has 2 aromatic rings. The SMILES string of the molecule is CCc1nnc2sc(CNCC3CC3)nn12. The average molecular weight is 237 g/mol. The molecule has 0 unspecified atom stereocenters. The fourth-order valence-electron chi connectivity index (χ4n) is 1.69. The van der Waals surface area contributed by atoms with Gasteiger partial charge in [-0.15, -0.1) is 10.2 Å². The molecule has 0 radical (unpaired) electrons. The van der Waals surface area contributed by atoms with Gasteiger partial charge in [0.05, 0.1) is 0 Å². The molecule has 5 nitrogen and oxygen atoms in total. The summed E-state index contributed by atoms with van der Waals surface area (Å²) < 4.78 is 1.86. The summed E-state index contributed by atoms with van der Waals surface area (Å²) in [6.07, 6.45) is 3.65. The van der Waals surface area contributed by atoms with Crippen LogP contribution in [0, 0.1) is 5.92 Å². The van der Waals surface area contributed by atoms with E-state index in [0.29, 0.717) is 0 Å². The lowest BCUT2D eigenvalue weighted by atomic mass is 10.4. The molecule has 1 saturated carbocycles. The van der Waals surface area contributed by atoms with Gasteiger partial charge in [-0.25, -0.2) is 0 Å². The Bertz CT molecular complexity index is 484. The Morgan fingerprint density at radius 2 is 2.31 bits per heavy atom. The highest BCUT2D eigenvalue weighted by atomic mass is 32.1. The molecule has 0 aromatic carbocycles. The van der Waals surface area contributed by atoms with Gasteiger partial charge in [-0.2, -0.15) is 9.61 Å². The smallest absolute Gasteiger partial charge is 0.234 e. The molecule has 0 saturated heterocycles. The molecule has 2 heterocycles. The van der Waals surface area contributed by atoms with E-state index >= 15 is 0 Å². The van der Waals surface area contributed by atoms with E-state index < -0.39 is 0 Å². The summed E-state index contributed by atoms with van der Waals surface area (Å²) in [5.74, 6) is 1.86. The Hall–Kier alpha value is -1.01. The fraction of sp³-hybridized carbons (Fsp3) is 0.700. The van der Waals surface area contributed by atoms with Crippen LogP contribution >= 0.6 is 11.3 Å². The molecular formula is C10H15N5S. The molecule has 16 heavy (non-hydrogen) atoms. The zero-order valence-electron chi connectivity index (χ0n) is 9.31. The topological polar surface area (TPSA) is 55.1 Å². The number of aryl methyl sites for hydroxylation is 1. The Morgan fingerprint density at radius 3 is 3.06 bits per heavy atom. The molecule has 86 valence electrons. The summed E-state index contributed by atoms with van der Waals surface area (Å²) in [7, 11) is 0. The lowest BCUT2D eigenvalue weighted by molar-refractivity contribution is 0.629. The van der Waals surface area contributed by atoms with Crippen molar-refractivity contribution in [2.24, 2.45) is 5.92 Å². The van der Waals surface area contributed by atoms with Crippen molar-refractivity contribution < 1.29 is 0 Å². The molecule has 3 rings (SSSR count). The third-order valence-electron chi connectivity index (χ3n) is 2.82. The molecule has 0 spiro atoms. The van der Waals surface area contributed by atoms with E-state index in [0.717, 1.165) is 41.2 Å². The van der Waals surface area contributed by atoms with E-state index in [1.54, 1.807) is 11.3 Å². The first kappa shape index (κ1) is 10.2. The molecule has 6 heteroatoms. The Kier molecular flexibility index (Phi) is 2.61. The van der Waals surface area contributed by atoms with Crippen LogP contribution in [0.5, 0.6) is 0 Å². The number of aromatic nitrogens is 4. The Balaban J connectivity index is 1.69. The number of nitrogens with zero attached hydrogens (tertiary/aromatic N) is 4. The standard InChI is InChI=1S/C10H15N5S/c1-2-8-12-13-10-15(8)14-9(16-10)6-11-5-7-3-4-7/h7,11H,2-6H2,1H3. The molecule has 0 aliphatic heterocycles. The van der Waals surface area contributed by atoms with Crippen LogP contribution in [-0.4, -0.2) is 26.4 Å². The highest BCUT2D eigenvalue weighted by Gasteiger charge is 2.20. The van der Waals surface area contributed by atoms with Crippen molar-refractivity contribution in [1.82, 2.24) is 25.1 Å². The number of hydrogen-bond acceptors (Lipinski definition) is 5. The third kappa shape index (κ3) is 1.94. The quantitative estimate of drug-likeness (QED) is 0.850. The Labute approximate surface area is 97.9 Å². The minimum atomic E-state index is 0.855. The maximum atomic E-state index is 4.51. The van der Waals surface area contributed by atoms with E-state index in [2.05, 4.69) is 27.5 Å². The fourth-order valence-corrected chi connectivity index (χ4v) is 2.52. The Morgan fingerprint density at radius 1 is 1.44 bits per heavy atom. The van der Waals surface area contributed by atoms with Gasteiger partial charge < -0.3 is 5.32 Å². The van der Waals surface area contributed by atoms with Gasteiger partial charge in [0.25, 0.3) is 0 Å². The van der Waals surface area contributed by atoms with Crippen LogP contribution in [0.3, 0.4) is 0 Å². The van der Waals surface area contributed by atoms with E-state index in [1.807, 2.05) is 4.52 Å². The predicted octanol–water partition coefficient (Wildman–Crippen LogP) is 1.25. The summed E-state index contributed by atoms with van der Waals surface area (Å²) >= 11 is 1.62. The van der Waals surface area contributed by atoms with Gasteiger partial charge >= 0.3 is 0 Å². The first-order chi connectivity index (χ1) is 7.86. The first-order valence-electron chi connectivity index (χ1n) is 5.77. The molecule has 1 fully saturated rings. The number of hydrogen-bond donors (Lipinski definition) is 1. The molecule has 1 N–H and O–H groups in total. The van der Waals surface area contributed by atoms with Crippen molar-refractivity contribution in [1.29, 1.82) is 0 Å². The summed E-state index contributed by atoms with van der Waals surface area (Å²) in [6.45, 7) is 4.05. The van der Waals surface area contributed by atoms with Crippen LogP contribution in [0.25, 0.3) is 4.96 Å². The van der Waals surface area contributed by atoms with Crippen molar-refractivity contribution in [2.45, 2.75) is 32.7 Å². The molecule has 1 aliphatic carbocycles. The number of rotatable bonds is 5. The van der Waals surface area contributed by atoms with E-state index in [4.69, 9.17) is 0 Å². The van der Waals surface area contributed by atoms with Crippen LogP contribution in [0.4, 0.5) is 0 Å². The molecule has 1 aliphatic rings. The number of nitrogens with one attached hydrogen (secondary N) is 1. The maximum Gasteiger partial charge on any atom is 0.234 e. The van der Waals surface area contributed by atoms with E-state index in [1.165, 1.54) is 12.8 Å². The van der Waals surface area contributed by atoms with Gasteiger partial charge in [0.2, 0.25) is 4.96 Å². The van der Waals surface area contributed by atoms with Gasteiger partial charge in [0.1, 0.15) is 5.01 Å². The van der Waals surface area contributed by atoms with Crippen LogP contribution < -0.4 is 5.32 Å². The van der Waals surface area contributed by atoms with Crippen molar-refractivity contribution in [3.05, 3.63) is 10.8 Å². The zero-order valence-corrected chi connectivity index (χ0v) is 10.1. The average Bonchev–Trinajstić information content (AvgIpc) is 2.88. The van der Waals surface area contributed by atoms with Gasteiger partial charge in [-0.1, -0.05) is 18.3 Å².